The summed E-state index contributed by atoms with van der Waals surface area (Å²) in [5.74, 6) is 2.44. The molecule has 0 fully saturated rings. The summed E-state index contributed by atoms with van der Waals surface area (Å²) in [6, 6.07) is 21.9. The van der Waals surface area contributed by atoms with Crippen LogP contribution in [-0.2, 0) is 0 Å². The Hall–Kier alpha value is -2.27. The predicted octanol–water partition coefficient (Wildman–Crippen LogP) is 8.89. The predicted molar refractivity (Wildman–Crippen MR) is 136 cm³/mol. The van der Waals surface area contributed by atoms with Crippen LogP contribution < -0.4 is 4.74 Å². The molecule has 3 unspecified atom stereocenters. The first-order valence-electron chi connectivity index (χ1n) is 12.3. The van der Waals surface area contributed by atoms with Gasteiger partial charge in [-0.1, -0.05) is 76.6 Å². The Morgan fingerprint density at radius 1 is 0.906 bits per heavy atom. The Bertz CT molecular complexity index is 839. The molecule has 0 radical (unpaired) electrons. The summed E-state index contributed by atoms with van der Waals surface area (Å²) >= 11 is 0. The zero-order valence-corrected chi connectivity index (χ0v) is 21.3. The normalized spacial score (nSPS) is 14.9. The number of benzene rings is 2. The molecule has 32 heavy (non-hydrogen) atoms. The van der Waals surface area contributed by atoms with Gasteiger partial charge in [0.2, 0.25) is 0 Å². The van der Waals surface area contributed by atoms with Crippen molar-refractivity contribution < 1.29 is 4.74 Å². The molecule has 0 bridgehead atoms. The topological polar surface area (TPSA) is 33.0 Å². The first kappa shape index (κ1) is 26.0. The minimum atomic E-state index is -0.194. The third kappa shape index (κ3) is 8.01. The van der Waals surface area contributed by atoms with Crippen LogP contribution in [-0.4, -0.2) is 5.60 Å². The van der Waals surface area contributed by atoms with Crippen LogP contribution in [0.5, 0.6) is 5.75 Å². The number of hydrogen-bond acceptors (Lipinski definition) is 2. The van der Waals surface area contributed by atoms with Gasteiger partial charge in [-0.3, -0.25) is 0 Å². The van der Waals surface area contributed by atoms with Gasteiger partial charge in [0.05, 0.1) is 6.07 Å². The average Bonchev–Trinajstić information content (AvgIpc) is 2.75. The lowest BCUT2D eigenvalue weighted by Gasteiger charge is -2.39. The van der Waals surface area contributed by atoms with E-state index >= 15 is 0 Å². The molecule has 2 nitrogen and oxygen atoms in total. The van der Waals surface area contributed by atoms with Crippen LogP contribution in [0.2, 0.25) is 0 Å². The molecule has 2 heteroatoms. The fourth-order valence-corrected chi connectivity index (χ4v) is 4.72. The Balaban J connectivity index is 2.33. The van der Waals surface area contributed by atoms with Crippen LogP contribution in [0.4, 0.5) is 0 Å². The van der Waals surface area contributed by atoms with Gasteiger partial charge in [0.1, 0.15) is 11.4 Å². The molecule has 0 saturated carbocycles. The van der Waals surface area contributed by atoms with Crippen molar-refractivity contribution in [2.24, 2.45) is 11.3 Å². The molecule has 3 atom stereocenters. The van der Waals surface area contributed by atoms with Gasteiger partial charge in [-0.05, 0) is 86.5 Å². The second-order valence-electron chi connectivity index (χ2n) is 11.1. The highest BCUT2D eigenvalue weighted by molar-refractivity contribution is 5.31. The number of nitrogens with zero attached hydrogens (tertiary/aromatic N) is 1. The van der Waals surface area contributed by atoms with Gasteiger partial charge in [0.15, 0.2) is 0 Å². The minimum Gasteiger partial charge on any atom is -0.488 e. The molecule has 2 aromatic rings. The Morgan fingerprint density at radius 2 is 1.53 bits per heavy atom. The number of nitriles is 1. The van der Waals surface area contributed by atoms with Crippen LogP contribution in [0.3, 0.4) is 0 Å². The van der Waals surface area contributed by atoms with E-state index in [1.54, 1.807) is 0 Å². The van der Waals surface area contributed by atoms with E-state index in [2.05, 4.69) is 109 Å². The Kier molecular flexibility index (Phi) is 9.38. The minimum absolute atomic E-state index is 0.103. The zero-order chi connectivity index (χ0) is 23.8. The average molecular weight is 434 g/mol. The van der Waals surface area contributed by atoms with Crippen molar-refractivity contribution in [2.75, 3.05) is 0 Å². The summed E-state index contributed by atoms with van der Waals surface area (Å²) in [5.41, 5.74) is 2.66. The summed E-state index contributed by atoms with van der Waals surface area (Å²) in [6.45, 7) is 15.7. The van der Waals surface area contributed by atoms with Gasteiger partial charge >= 0.3 is 0 Å². The van der Waals surface area contributed by atoms with Crippen molar-refractivity contribution in [1.29, 1.82) is 5.26 Å². The highest BCUT2D eigenvalue weighted by atomic mass is 16.5. The van der Waals surface area contributed by atoms with E-state index in [0.717, 1.165) is 18.6 Å². The molecule has 0 amide bonds. The van der Waals surface area contributed by atoms with E-state index in [4.69, 9.17) is 4.74 Å². The van der Waals surface area contributed by atoms with Crippen LogP contribution in [0.15, 0.2) is 54.6 Å². The fourth-order valence-electron chi connectivity index (χ4n) is 4.72. The van der Waals surface area contributed by atoms with Gasteiger partial charge in [-0.2, -0.15) is 5.26 Å². The van der Waals surface area contributed by atoms with Crippen molar-refractivity contribution in [3.05, 3.63) is 65.7 Å². The largest absolute Gasteiger partial charge is 0.488 e. The molecule has 174 valence electrons. The maximum atomic E-state index is 9.24. The molecule has 0 aliphatic carbocycles. The fraction of sp³-hybridized carbons (Fsp3) is 0.567. The molecule has 0 aromatic heterocycles. The van der Waals surface area contributed by atoms with Crippen molar-refractivity contribution in [1.82, 2.24) is 0 Å². The van der Waals surface area contributed by atoms with Crippen LogP contribution in [0.1, 0.15) is 104 Å². The zero-order valence-electron chi connectivity index (χ0n) is 21.3. The van der Waals surface area contributed by atoms with Gasteiger partial charge in [-0.25, -0.2) is 0 Å². The van der Waals surface area contributed by atoms with E-state index < -0.39 is 0 Å². The van der Waals surface area contributed by atoms with E-state index in [9.17, 15) is 5.26 Å². The van der Waals surface area contributed by atoms with Crippen molar-refractivity contribution in [2.45, 2.75) is 98.0 Å². The van der Waals surface area contributed by atoms with Gasteiger partial charge in [0.25, 0.3) is 0 Å². The summed E-state index contributed by atoms with van der Waals surface area (Å²) in [5, 5.41) is 9.24. The van der Waals surface area contributed by atoms with Crippen LogP contribution in [0, 0.1) is 22.7 Å². The molecule has 2 rings (SSSR count). The monoisotopic (exact) mass is 433 g/mol. The van der Waals surface area contributed by atoms with E-state index in [1.165, 1.54) is 24.0 Å². The quantitative estimate of drug-likeness (QED) is 0.354. The van der Waals surface area contributed by atoms with Crippen molar-refractivity contribution >= 4 is 0 Å². The highest BCUT2D eigenvalue weighted by Crippen LogP contribution is 2.47. The SMILES string of the molecule is CCC(C)CC(c1ccc(OC(C)(C)C)cc1)C(C)(C)CC(CCC#N)c1ccccc1. The molecule has 0 aliphatic rings. The van der Waals surface area contributed by atoms with Crippen LogP contribution >= 0.6 is 0 Å². The summed E-state index contributed by atoms with van der Waals surface area (Å²) in [7, 11) is 0. The van der Waals surface area contributed by atoms with E-state index in [0.29, 0.717) is 24.2 Å². The molecule has 0 heterocycles. The highest BCUT2D eigenvalue weighted by Gasteiger charge is 2.34. The molecule has 0 aliphatic heterocycles. The molecule has 0 N–H and O–H groups in total. The first-order chi connectivity index (χ1) is 15.1. The summed E-state index contributed by atoms with van der Waals surface area (Å²) < 4.78 is 6.06. The summed E-state index contributed by atoms with van der Waals surface area (Å²) in [6.07, 6.45) is 4.94. The second-order valence-corrected chi connectivity index (χ2v) is 11.1. The Labute approximate surface area is 197 Å². The second kappa shape index (κ2) is 11.6. The molecule has 0 spiro atoms. The first-order valence-corrected chi connectivity index (χ1v) is 12.3. The number of rotatable bonds is 11. The third-order valence-electron chi connectivity index (χ3n) is 6.63. The smallest absolute Gasteiger partial charge is 0.120 e. The molecular weight excluding hydrogens is 390 g/mol. The van der Waals surface area contributed by atoms with Crippen molar-refractivity contribution in [3.8, 4) is 11.8 Å². The lowest BCUT2D eigenvalue weighted by molar-refractivity contribution is 0.131. The third-order valence-corrected chi connectivity index (χ3v) is 6.63. The maximum Gasteiger partial charge on any atom is 0.120 e. The van der Waals surface area contributed by atoms with Gasteiger partial charge in [-0.15, -0.1) is 0 Å². The maximum absolute atomic E-state index is 9.24. The lowest BCUT2D eigenvalue weighted by Crippen LogP contribution is -2.27. The lowest BCUT2D eigenvalue weighted by atomic mass is 9.65. The molecule has 0 saturated heterocycles. The molecular formula is C30H43NO. The Morgan fingerprint density at radius 3 is 2.06 bits per heavy atom. The van der Waals surface area contributed by atoms with Crippen molar-refractivity contribution in [3.63, 3.8) is 0 Å². The number of hydrogen-bond donors (Lipinski definition) is 0. The van der Waals surface area contributed by atoms with Gasteiger partial charge in [0, 0.05) is 6.42 Å². The van der Waals surface area contributed by atoms with E-state index in [1.807, 2.05) is 0 Å². The standard InChI is InChI=1S/C30H43NO/c1-8-23(2)21-28(25-16-18-27(19-17-25)32-29(3,4)5)30(6,7)22-26(15-12-20-31)24-13-10-9-11-14-24/h9-11,13-14,16-19,23,26,28H,8,12,15,21-22H2,1-7H3. The van der Waals surface area contributed by atoms with Gasteiger partial charge < -0.3 is 4.74 Å². The summed E-state index contributed by atoms with van der Waals surface area (Å²) in [4.78, 5) is 0. The number of ether oxygens (including phenoxy) is 1. The molecule has 2 aromatic carbocycles. The van der Waals surface area contributed by atoms with Crippen LogP contribution in [0.25, 0.3) is 0 Å². The van der Waals surface area contributed by atoms with E-state index in [-0.39, 0.29) is 11.0 Å².